The van der Waals surface area contributed by atoms with Crippen LogP contribution in [0.3, 0.4) is 0 Å². The van der Waals surface area contributed by atoms with Crippen LogP contribution in [0.2, 0.25) is 0 Å². The second-order valence-corrected chi connectivity index (χ2v) is 6.82. The van der Waals surface area contributed by atoms with Gasteiger partial charge in [-0.2, -0.15) is 0 Å². The molecule has 1 aliphatic heterocycles. The average Bonchev–Trinajstić information content (AvgIpc) is 3.05. The maximum absolute atomic E-state index is 12.3. The number of anilines is 1. The first kappa shape index (κ1) is 15.2. The van der Waals surface area contributed by atoms with Crippen LogP contribution in [0, 0.1) is 5.92 Å². The predicted molar refractivity (Wildman–Crippen MR) is 84.0 cm³/mol. The van der Waals surface area contributed by atoms with E-state index in [1.807, 2.05) is 0 Å². The molecule has 1 fully saturated rings. The largest absolute Gasteiger partial charge is 0.480 e. The van der Waals surface area contributed by atoms with Crippen LogP contribution in [0.4, 0.5) is 5.69 Å². The highest BCUT2D eigenvalue weighted by molar-refractivity contribution is 9.10. The minimum atomic E-state index is -1.05. The molecule has 5 nitrogen and oxygen atoms in total. The molecule has 22 heavy (non-hydrogen) atoms. The summed E-state index contributed by atoms with van der Waals surface area (Å²) in [6, 6.07) is 3.91. The number of halogens is 1. The highest BCUT2D eigenvalue weighted by atomic mass is 79.9. The van der Waals surface area contributed by atoms with E-state index in [9.17, 15) is 19.5 Å². The lowest BCUT2D eigenvalue weighted by Crippen LogP contribution is -2.45. The first-order valence-corrected chi connectivity index (χ1v) is 8.18. The van der Waals surface area contributed by atoms with E-state index in [1.165, 1.54) is 4.90 Å². The molecule has 0 aromatic heterocycles. The van der Waals surface area contributed by atoms with Crippen molar-refractivity contribution in [3.63, 3.8) is 0 Å². The van der Waals surface area contributed by atoms with Gasteiger partial charge < -0.3 is 5.11 Å². The SMILES string of the molecule is O=C1C(=O)N(C(CC2CCCC2)C(=O)O)c2cc(Br)ccc21. The molecule has 1 aromatic rings. The number of rotatable bonds is 4. The number of nitrogens with zero attached hydrogens (tertiary/aromatic N) is 1. The number of aliphatic carboxylic acids is 1. The number of benzene rings is 1. The molecule has 1 saturated carbocycles. The van der Waals surface area contributed by atoms with E-state index in [1.54, 1.807) is 18.2 Å². The second kappa shape index (κ2) is 5.83. The molecule has 1 N–H and O–H groups in total. The lowest BCUT2D eigenvalue weighted by molar-refractivity contribution is -0.140. The normalized spacial score (nSPS) is 19.6. The molecule has 6 heteroatoms. The molecule has 1 amide bonds. The van der Waals surface area contributed by atoms with Crippen molar-refractivity contribution in [1.29, 1.82) is 0 Å². The minimum Gasteiger partial charge on any atom is -0.480 e. The number of Topliss-reactive ketones (excluding diaryl/α,β-unsaturated/α-hetero) is 1. The zero-order valence-electron chi connectivity index (χ0n) is 11.9. The third-order valence-electron chi connectivity index (χ3n) is 4.51. The molecule has 2 aliphatic rings. The van der Waals surface area contributed by atoms with E-state index in [0.717, 1.165) is 25.7 Å². The molecule has 0 spiro atoms. The standard InChI is InChI=1S/C16H16BrNO4/c17-10-5-6-11-12(8-10)18(15(20)14(11)19)13(16(21)22)7-9-3-1-2-4-9/h5-6,8-9,13H,1-4,7H2,(H,21,22). The molecule has 0 radical (unpaired) electrons. The van der Waals surface area contributed by atoms with E-state index >= 15 is 0 Å². The van der Waals surface area contributed by atoms with Crippen LogP contribution in [-0.2, 0) is 9.59 Å². The summed E-state index contributed by atoms with van der Waals surface area (Å²) < 4.78 is 0.712. The third-order valence-corrected chi connectivity index (χ3v) is 5.00. The van der Waals surface area contributed by atoms with Gasteiger partial charge in [-0.1, -0.05) is 41.6 Å². The number of carboxylic acids is 1. The molecule has 1 heterocycles. The van der Waals surface area contributed by atoms with Crippen molar-refractivity contribution in [3.05, 3.63) is 28.2 Å². The van der Waals surface area contributed by atoms with Gasteiger partial charge in [-0.15, -0.1) is 0 Å². The Labute approximate surface area is 136 Å². The van der Waals surface area contributed by atoms with E-state index in [4.69, 9.17) is 0 Å². The van der Waals surface area contributed by atoms with Crippen LogP contribution in [0.5, 0.6) is 0 Å². The number of carbonyl (C=O) groups excluding carboxylic acids is 2. The van der Waals surface area contributed by atoms with Crippen molar-refractivity contribution in [2.45, 2.75) is 38.1 Å². The van der Waals surface area contributed by atoms with Crippen molar-refractivity contribution in [2.75, 3.05) is 4.90 Å². The summed E-state index contributed by atoms with van der Waals surface area (Å²) in [6.45, 7) is 0. The van der Waals surface area contributed by atoms with Crippen LogP contribution in [0.1, 0.15) is 42.5 Å². The van der Waals surface area contributed by atoms with Crippen molar-refractivity contribution < 1.29 is 19.5 Å². The van der Waals surface area contributed by atoms with Gasteiger partial charge >= 0.3 is 5.97 Å². The van der Waals surface area contributed by atoms with Gasteiger partial charge in [0.1, 0.15) is 6.04 Å². The van der Waals surface area contributed by atoms with E-state index < -0.39 is 23.7 Å². The Morgan fingerprint density at radius 2 is 2.00 bits per heavy atom. The molecule has 1 atom stereocenters. The van der Waals surface area contributed by atoms with Crippen molar-refractivity contribution in [2.24, 2.45) is 5.92 Å². The fourth-order valence-corrected chi connectivity index (χ4v) is 3.77. The topological polar surface area (TPSA) is 74.7 Å². The first-order chi connectivity index (χ1) is 10.5. The van der Waals surface area contributed by atoms with Gasteiger partial charge in [0.05, 0.1) is 11.3 Å². The Kier molecular flexibility index (Phi) is 4.04. The third kappa shape index (κ3) is 2.56. The molecule has 0 saturated heterocycles. The molecular formula is C16H16BrNO4. The number of hydrogen-bond donors (Lipinski definition) is 1. The van der Waals surface area contributed by atoms with E-state index in [0.29, 0.717) is 22.5 Å². The number of amides is 1. The molecule has 1 unspecified atom stereocenters. The van der Waals surface area contributed by atoms with E-state index in [2.05, 4.69) is 15.9 Å². The molecular weight excluding hydrogens is 350 g/mol. The smallest absolute Gasteiger partial charge is 0.326 e. The summed E-state index contributed by atoms with van der Waals surface area (Å²) in [5.41, 5.74) is 0.681. The van der Waals surface area contributed by atoms with Crippen LogP contribution < -0.4 is 4.90 Å². The number of carbonyl (C=O) groups is 3. The molecule has 0 bridgehead atoms. The van der Waals surface area contributed by atoms with Gasteiger partial charge in [0.2, 0.25) is 0 Å². The number of carboxylic acid groups (broad SMARTS) is 1. The predicted octanol–water partition coefficient (Wildman–Crippen LogP) is 3.01. The minimum absolute atomic E-state index is 0.283. The summed E-state index contributed by atoms with van der Waals surface area (Å²) in [6.07, 6.45) is 4.59. The van der Waals surface area contributed by atoms with E-state index in [-0.39, 0.29) is 5.56 Å². The van der Waals surface area contributed by atoms with Gasteiger partial charge in [-0.3, -0.25) is 14.5 Å². The maximum atomic E-state index is 12.3. The molecule has 1 aliphatic carbocycles. The second-order valence-electron chi connectivity index (χ2n) is 5.91. The van der Waals surface area contributed by atoms with Crippen molar-refractivity contribution in [3.8, 4) is 0 Å². The summed E-state index contributed by atoms with van der Waals surface area (Å²) in [5, 5.41) is 9.58. The summed E-state index contributed by atoms with van der Waals surface area (Å²) in [7, 11) is 0. The van der Waals surface area contributed by atoms with Gasteiger partial charge in [0, 0.05) is 4.47 Å². The Balaban J connectivity index is 1.97. The number of hydrogen-bond acceptors (Lipinski definition) is 3. The first-order valence-electron chi connectivity index (χ1n) is 7.39. The fraction of sp³-hybridized carbons (Fsp3) is 0.438. The van der Waals surface area contributed by atoms with Crippen molar-refractivity contribution in [1.82, 2.24) is 0 Å². The maximum Gasteiger partial charge on any atom is 0.326 e. The molecule has 3 rings (SSSR count). The lowest BCUT2D eigenvalue weighted by Gasteiger charge is -2.26. The number of ketones is 1. The Bertz CT molecular complexity index is 652. The molecule has 1 aromatic carbocycles. The van der Waals surface area contributed by atoms with Gasteiger partial charge in [0.25, 0.3) is 11.7 Å². The lowest BCUT2D eigenvalue weighted by atomic mass is 9.97. The highest BCUT2D eigenvalue weighted by Crippen LogP contribution is 2.37. The van der Waals surface area contributed by atoms with Crippen LogP contribution in [0.25, 0.3) is 0 Å². The zero-order valence-corrected chi connectivity index (χ0v) is 13.5. The Hall–Kier alpha value is -1.69. The van der Waals surface area contributed by atoms with Crippen LogP contribution >= 0.6 is 15.9 Å². The zero-order chi connectivity index (χ0) is 15.9. The Morgan fingerprint density at radius 3 is 2.64 bits per heavy atom. The number of fused-ring (bicyclic) bond motifs is 1. The van der Waals surface area contributed by atoms with Gasteiger partial charge in [0.15, 0.2) is 0 Å². The monoisotopic (exact) mass is 365 g/mol. The quantitative estimate of drug-likeness (QED) is 0.832. The van der Waals surface area contributed by atoms with Gasteiger partial charge in [-0.05, 0) is 30.5 Å². The summed E-state index contributed by atoms with van der Waals surface area (Å²) in [4.78, 5) is 37.2. The Morgan fingerprint density at radius 1 is 1.32 bits per heavy atom. The fourth-order valence-electron chi connectivity index (χ4n) is 3.42. The van der Waals surface area contributed by atoms with Gasteiger partial charge in [-0.25, -0.2) is 4.79 Å². The molecule has 116 valence electrons. The highest BCUT2D eigenvalue weighted by Gasteiger charge is 2.43. The average molecular weight is 366 g/mol. The van der Waals surface area contributed by atoms with Crippen molar-refractivity contribution >= 4 is 39.3 Å². The van der Waals surface area contributed by atoms with Crippen LogP contribution in [-0.4, -0.2) is 28.8 Å². The van der Waals surface area contributed by atoms with Crippen LogP contribution in [0.15, 0.2) is 22.7 Å². The summed E-state index contributed by atoms with van der Waals surface area (Å²) >= 11 is 3.31. The summed E-state index contributed by atoms with van der Waals surface area (Å²) in [5.74, 6) is -2.11.